The van der Waals surface area contributed by atoms with E-state index < -0.39 is 5.97 Å². The van der Waals surface area contributed by atoms with Crippen LogP contribution < -0.4 is 5.32 Å². The first-order valence-electron chi connectivity index (χ1n) is 6.38. The normalized spacial score (nSPS) is 10.7. The average Bonchev–Trinajstić information content (AvgIpc) is 3.07. The Balaban J connectivity index is 1.90. The molecule has 0 bridgehead atoms. The molecular formula is C14H15ClN2O3S2. The van der Waals surface area contributed by atoms with Crippen molar-refractivity contribution in [2.45, 2.75) is 6.54 Å². The highest BCUT2D eigenvalue weighted by molar-refractivity contribution is 7.16. The van der Waals surface area contributed by atoms with Gasteiger partial charge in [0.2, 0.25) is 5.91 Å². The molecule has 118 valence electrons. The lowest BCUT2D eigenvalue weighted by Gasteiger charge is -2.15. The molecule has 8 heteroatoms. The molecule has 0 spiro atoms. The van der Waals surface area contributed by atoms with Gasteiger partial charge in [-0.3, -0.25) is 9.69 Å². The maximum Gasteiger partial charge on any atom is 0.350 e. The number of amides is 1. The second-order valence-corrected chi connectivity index (χ2v) is 7.30. The summed E-state index contributed by atoms with van der Waals surface area (Å²) in [4.78, 5) is 27.0. The predicted octanol–water partition coefficient (Wildman–Crippen LogP) is 3.32. The molecule has 0 radical (unpaired) electrons. The minimum absolute atomic E-state index is 0.186. The number of esters is 1. The Labute approximate surface area is 141 Å². The van der Waals surface area contributed by atoms with Crippen LogP contribution in [0.15, 0.2) is 23.6 Å². The van der Waals surface area contributed by atoms with E-state index in [1.807, 2.05) is 24.1 Å². The van der Waals surface area contributed by atoms with E-state index in [-0.39, 0.29) is 12.5 Å². The minimum Gasteiger partial charge on any atom is -0.465 e. The molecule has 0 aliphatic rings. The van der Waals surface area contributed by atoms with Gasteiger partial charge < -0.3 is 10.1 Å². The zero-order chi connectivity index (χ0) is 16.1. The number of rotatable bonds is 6. The summed E-state index contributed by atoms with van der Waals surface area (Å²) in [6, 6.07) is 5.47. The van der Waals surface area contributed by atoms with E-state index in [2.05, 4.69) is 10.1 Å². The van der Waals surface area contributed by atoms with Gasteiger partial charge in [0.25, 0.3) is 0 Å². The van der Waals surface area contributed by atoms with Crippen molar-refractivity contribution in [3.8, 4) is 0 Å². The highest BCUT2D eigenvalue weighted by atomic mass is 35.5. The first kappa shape index (κ1) is 17.0. The van der Waals surface area contributed by atoms with Crippen molar-refractivity contribution < 1.29 is 14.3 Å². The molecule has 5 nitrogen and oxygen atoms in total. The molecule has 0 aliphatic heterocycles. The fraction of sp³-hybridized carbons (Fsp3) is 0.286. The molecule has 0 aliphatic carbocycles. The van der Waals surface area contributed by atoms with Crippen LogP contribution in [0.4, 0.5) is 5.69 Å². The Morgan fingerprint density at radius 1 is 1.36 bits per heavy atom. The Kier molecular flexibility index (Phi) is 5.96. The lowest BCUT2D eigenvalue weighted by Crippen LogP contribution is -2.29. The van der Waals surface area contributed by atoms with Crippen molar-refractivity contribution in [3.63, 3.8) is 0 Å². The number of methoxy groups -OCH3 is 1. The van der Waals surface area contributed by atoms with Crippen molar-refractivity contribution in [2.75, 3.05) is 26.0 Å². The van der Waals surface area contributed by atoms with Crippen molar-refractivity contribution >= 4 is 51.8 Å². The molecule has 2 aromatic rings. The van der Waals surface area contributed by atoms with Gasteiger partial charge >= 0.3 is 5.97 Å². The zero-order valence-electron chi connectivity index (χ0n) is 12.1. The Bertz CT molecular complexity index is 669. The van der Waals surface area contributed by atoms with Crippen LogP contribution in [0.3, 0.4) is 0 Å². The minimum atomic E-state index is -0.452. The summed E-state index contributed by atoms with van der Waals surface area (Å²) >= 11 is 8.61. The fourth-order valence-electron chi connectivity index (χ4n) is 1.85. The van der Waals surface area contributed by atoms with Crippen LogP contribution in [0.2, 0.25) is 4.34 Å². The summed E-state index contributed by atoms with van der Waals surface area (Å²) in [5.74, 6) is -0.638. The van der Waals surface area contributed by atoms with E-state index in [1.165, 1.54) is 29.8 Å². The van der Waals surface area contributed by atoms with Gasteiger partial charge in [-0.15, -0.1) is 22.7 Å². The van der Waals surface area contributed by atoms with Crippen molar-refractivity contribution in [3.05, 3.63) is 37.7 Å². The fourth-order valence-corrected chi connectivity index (χ4v) is 3.79. The number of likely N-dealkylation sites (N-methyl/N-ethyl adjacent to an activating group) is 1. The standard InChI is InChI=1S/C14H15ClN2O3S2/c1-17(7-9-3-4-11(15)22-9)8-12(18)16-10-5-6-21-13(10)14(19)20-2/h3-6H,7-8H2,1-2H3,(H,16,18). The maximum atomic E-state index is 12.1. The van der Waals surface area contributed by atoms with Gasteiger partial charge in [0.1, 0.15) is 4.88 Å². The van der Waals surface area contributed by atoms with Crippen LogP contribution >= 0.6 is 34.3 Å². The Morgan fingerprint density at radius 3 is 2.77 bits per heavy atom. The third kappa shape index (κ3) is 4.54. The molecule has 1 N–H and O–H groups in total. The van der Waals surface area contributed by atoms with E-state index in [0.29, 0.717) is 17.1 Å². The third-order valence-electron chi connectivity index (χ3n) is 2.78. The molecule has 22 heavy (non-hydrogen) atoms. The first-order valence-corrected chi connectivity index (χ1v) is 8.45. The summed E-state index contributed by atoms with van der Waals surface area (Å²) in [5.41, 5.74) is 0.481. The number of hydrogen-bond acceptors (Lipinski definition) is 6. The summed E-state index contributed by atoms with van der Waals surface area (Å²) in [6.45, 7) is 0.851. The molecule has 0 atom stereocenters. The van der Waals surface area contributed by atoms with Gasteiger partial charge in [0.05, 0.1) is 23.7 Å². The maximum absolute atomic E-state index is 12.1. The summed E-state index contributed by atoms with van der Waals surface area (Å²) in [7, 11) is 3.16. The largest absolute Gasteiger partial charge is 0.465 e. The summed E-state index contributed by atoms with van der Waals surface area (Å²) in [6.07, 6.45) is 0. The molecular weight excluding hydrogens is 344 g/mol. The quantitative estimate of drug-likeness (QED) is 0.805. The monoisotopic (exact) mass is 358 g/mol. The van der Waals surface area contributed by atoms with Crippen LogP contribution in [0, 0.1) is 0 Å². The second kappa shape index (κ2) is 7.73. The molecule has 2 aromatic heterocycles. The molecule has 0 saturated heterocycles. The SMILES string of the molecule is COC(=O)c1sccc1NC(=O)CN(C)Cc1ccc(Cl)s1. The van der Waals surface area contributed by atoms with E-state index in [9.17, 15) is 9.59 Å². The van der Waals surface area contributed by atoms with Crippen LogP contribution in [0.1, 0.15) is 14.5 Å². The molecule has 0 saturated carbocycles. The second-order valence-electron chi connectivity index (χ2n) is 4.58. The van der Waals surface area contributed by atoms with Crippen LogP contribution in [0.25, 0.3) is 0 Å². The Morgan fingerprint density at radius 2 is 2.14 bits per heavy atom. The lowest BCUT2D eigenvalue weighted by atomic mass is 10.3. The topological polar surface area (TPSA) is 58.6 Å². The van der Waals surface area contributed by atoms with Gasteiger partial charge in [-0.05, 0) is 30.6 Å². The lowest BCUT2D eigenvalue weighted by molar-refractivity contribution is -0.117. The molecule has 0 unspecified atom stereocenters. The highest BCUT2D eigenvalue weighted by Crippen LogP contribution is 2.24. The van der Waals surface area contributed by atoms with Gasteiger partial charge in [0.15, 0.2) is 0 Å². The Hall–Kier alpha value is -1.41. The summed E-state index contributed by atoms with van der Waals surface area (Å²) < 4.78 is 5.41. The number of nitrogens with zero attached hydrogens (tertiary/aromatic N) is 1. The van der Waals surface area contributed by atoms with E-state index in [0.717, 1.165) is 9.21 Å². The van der Waals surface area contributed by atoms with Crippen LogP contribution in [-0.4, -0.2) is 37.5 Å². The predicted molar refractivity (Wildman–Crippen MR) is 90.0 cm³/mol. The van der Waals surface area contributed by atoms with Gasteiger partial charge in [-0.2, -0.15) is 0 Å². The number of nitrogens with one attached hydrogen (secondary N) is 1. The van der Waals surface area contributed by atoms with Crippen molar-refractivity contribution in [2.24, 2.45) is 0 Å². The van der Waals surface area contributed by atoms with Crippen molar-refractivity contribution in [1.82, 2.24) is 4.90 Å². The average molecular weight is 359 g/mol. The van der Waals surface area contributed by atoms with E-state index in [4.69, 9.17) is 11.6 Å². The first-order chi connectivity index (χ1) is 10.5. The molecule has 0 aromatic carbocycles. The molecule has 0 fully saturated rings. The van der Waals surface area contributed by atoms with Crippen LogP contribution in [-0.2, 0) is 16.1 Å². The molecule has 2 heterocycles. The summed E-state index contributed by atoms with van der Waals surface area (Å²) in [5, 5.41) is 4.47. The molecule has 1 amide bonds. The number of thiophene rings is 2. The number of carbonyl (C=O) groups excluding carboxylic acids is 2. The van der Waals surface area contributed by atoms with Crippen LogP contribution in [0.5, 0.6) is 0 Å². The van der Waals surface area contributed by atoms with Gasteiger partial charge in [-0.1, -0.05) is 11.6 Å². The number of ether oxygens (including phenoxy) is 1. The number of halogens is 1. The highest BCUT2D eigenvalue weighted by Gasteiger charge is 2.16. The number of anilines is 1. The van der Waals surface area contributed by atoms with E-state index in [1.54, 1.807) is 11.4 Å². The molecule has 2 rings (SSSR count). The number of hydrogen-bond donors (Lipinski definition) is 1. The number of carbonyl (C=O) groups is 2. The smallest absolute Gasteiger partial charge is 0.350 e. The van der Waals surface area contributed by atoms with Gasteiger partial charge in [-0.25, -0.2) is 4.79 Å². The van der Waals surface area contributed by atoms with Gasteiger partial charge in [0, 0.05) is 11.4 Å². The third-order valence-corrected chi connectivity index (χ3v) is 4.89. The van der Waals surface area contributed by atoms with E-state index >= 15 is 0 Å². The zero-order valence-corrected chi connectivity index (χ0v) is 14.5. The van der Waals surface area contributed by atoms with Crippen molar-refractivity contribution in [1.29, 1.82) is 0 Å².